The molecule has 0 aliphatic heterocycles. The summed E-state index contributed by atoms with van der Waals surface area (Å²) in [6.07, 6.45) is 0.161. The van der Waals surface area contributed by atoms with Gasteiger partial charge in [0.1, 0.15) is 11.6 Å². The van der Waals surface area contributed by atoms with Crippen LogP contribution < -0.4 is 9.64 Å². The Hall–Kier alpha value is -3.14. The van der Waals surface area contributed by atoms with E-state index in [1.807, 2.05) is 54.6 Å². The molecule has 3 aromatic carbocycles. The Bertz CT molecular complexity index is 880. The van der Waals surface area contributed by atoms with Crippen molar-refractivity contribution in [3.8, 4) is 16.9 Å². The van der Waals surface area contributed by atoms with Gasteiger partial charge in [-0.3, -0.25) is 4.79 Å². The second-order valence-corrected chi connectivity index (χ2v) is 5.86. The van der Waals surface area contributed by atoms with Gasteiger partial charge < -0.3 is 9.64 Å². The molecule has 0 saturated heterocycles. The third-order valence-corrected chi connectivity index (χ3v) is 4.13. The van der Waals surface area contributed by atoms with Crippen molar-refractivity contribution in [2.24, 2.45) is 0 Å². The molecule has 0 aliphatic rings. The fraction of sp³-hybridized carbons (Fsp3) is 0.136. The number of carbonyl (C=O) groups is 1. The first-order valence-corrected chi connectivity index (χ1v) is 8.45. The van der Waals surface area contributed by atoms with Crippen LogP contribution in [-0.2, 0) is 4.79 Å². The molecule has 1 amide bonds. The molecule has 0 atom stereocenters. The van der Waals surface area contributed by atoms with E-state index < -0.39 is 5.82 Å². The highest BCUT2D eigenvalue weighted by molar-refractivity contribution is 5.93. The molecule has 4 heteroatoms. The smallest absolute Gasteiger partial charge is 0.230 e. The van der Waals surface area contributed by atoms with Crippen molar-refractivity contribution < 1.29 is 13.9 Å². The van der Waals surface area contributed by atoms with Gasteiger partial charge in [0.05, 0.1) is 18.7 Å². The molecule has 0 heterocycles. The average Bonchev–Trinajstić information content (AvgIpc) is 2.69. The molecule has 0 aliphatic carbocycles. The third kappa shape index (κ3) is 4.09. The van der Waals surface area contributed by atoms with E-state index in [2.05, 4.69) is 0 Å². The molecule has 3 nitrogen and oxygen atoms in total. The van der Waals surface area contributed by atoms with Gasteiger partial charge in [-0.1, -0.05) is 60.7 Å². The summed E-state index contributed by atoms with van der Waals surface area (Å²) in [6.45, 7) is 0.224. The van der Waals surface area contributed by atoms with Crippen LogP contribution in [0.15, 0.2) is 78.9 Å². The van der Waals surface area contributed by atoms with Gasteiger partial charge in [-0.2, -0.15) is 0 Å². The molecule has 0 N–H and O–H groups in total. The minimum atomic E-state index is -0.418. The summed E-state index contributed by atoms with van der Waals surface area (Å²) < 4.78 is 19.6. The van der Waals surface area contributed by atoms with Crippen molar-refractivity contribution >= 4 is 11.6 Å². The molecule has 132 valence electrons. The van der Waals surface area contributed by atoms with Crippen LogP contribution in [0.1, 0.15) is 6.42 Å². The lowest BCUT2D eigenvalue weighted by atomic mass is 10.1. The molecule has 0 fully saturated rings. The number of rotatable bonds is 6. The van der Waals surface area contributed by atoms with E-state index in [1.54, 1.807) is 25.2 Å². The summed E-state index contributed by atoms with van der Waals surface area (Å²) >= 11 is 0. The molecule has 3 rings (SSSR count). The number of halogens is 1. The van der Waals surface area contributed by atoms with Crippen LogP contribution in [0.4, 0.5) is 10.1 Å². The minimum Gasteiger partial charge on any atom is -0.492 e. The van der Waals surface area contributed by atoms with E-state index >= 15 is 0 Å². The maximum Gasteiger partial charge on any atom is 0.230 e. The third-order valence-electron chi connectivity index (χ3n) is 4.13. The molecule has 0 radical (unpaired) electrons. The number of hydrogen-bond donors (Lipinski definition) is 0. The lowest BCUT2D eigenvalue weighted by Crippen LogP contribution is -2.28. The van der Waals surface area contributed by atoms with Gasteiger partial charge in [-0.15, -0.1) is 0 Å². The highest BCUT2D eigenvalue weighted by Crippen LogP contribution is 2.29. The first-order chi connectivity index (χ1) is 12.7. The normalized spacial score (nSPS) is 10.4. The van der Waals surface area contributed by atoms with Gasteiger partial charge in [-0.05, 0) is 23.8 Å². The molecule has 26 heavy (non-hydrogen) atoms. The Balaban J connectivity index is 1.64. The Labute approximate surface area is 152 Å². The van der Waals surface area contributed by atoms with Crippen LogP contribution in [-0.4, -0.2) is 19.6 Å². The van der Waals surface area contributed by atoms with Gasteiger partial charge in [0, 0.05) is 12.6 Å². The zero-order valence-electron chi connectivity index (χ0n) is 14.6. The summed E-state index contributed by atoms with van der Waals surface area (Å²) in [4.78, 5) is 13.6. The first kappa shape index (κ1) is 17.7. The van der Waals surface area contributed by atoms with E-state index in [-0.39, 0.29) is 24.6 Å². The number of ether oxygens (including phenoxy) is 1. The van der Waals surface area contributed by atoms with E-state index in [0.717, 1.165) is 16.9 Å². The second kappa shape index (κ2) is 8.30. The molecule has 0 spiro atoms. The van der Waals surface area contributed by atoms with Crippen LogP contribution in [0, 0.1) is 5.82 Å². The van der Waals surface area contributed by atoms with Gasteiger partial charge in [0.2, 0.25) is 5.91 Å². The van der Waals surface area contributed by atoms with Crippen molar-refractivity contribution in [3.05, 3.63) is 84.7 Å². The van der Waals surface area contributed by atoms with E-state index in [0.29, 0.717) is 0 Å². The number of nitrogens with zero attached hydrogens (tertiary/aromatic N) is 1. The Morgan fingerprint density at radius 3 is 2.35 bits per heavy atom. The summed E-state index contributed by atoms with van der Waals surface area (Å²) in [5.74, 6) is 0.103. The number of benzene rings is 3. The SMILES string of the molecule is CN(C(=O)CCOc1ccccc1-c1ccccc1)c1ccccc1F. The Kier molecular flexibility index (Phi) is 5.64. The Morgan fingerprint density at radius 2 is 1.58 bits per heavy atom. The van der Waals surface area contributed by atoms with Crippen molar-refractivity contribution in [2.75, 3.05) is 18.6 Å². The van der Waals surface area contributed by atoms with Gasteiger partial charge in [-0.25, -0.2) is 4.39 Å². The lowest BCUT2D eigenvalue weighted by molar-refractivity contribution is -0.118. The monoisotopic (exact) mass is 349 g/mol. The van der Waals surface area contributed by atoms with Gasteiger partial charge in [0.25, 0.3) is 0 Å². The van der Waals surface area contributed by atoms with Crippen molar-refractivity contribution in [1.29, 1.82) is 0 Å². The van der Waals surface area contributed by atoms with Crippen LogP contribution in [0.3, 0.4) is 0 Å². The molecule has 0 aromatic heterocycles. The maximum absolute atomic E-state index is 13.8. The topological polar surface area (TPSA) is 29.5 Å². The summed E-state index contributed by atoms with van der Waals surface area (Å²) in [5, 5.41) is 0. The molecule has 3 aromatic rings. The highest BCUT2D eigenvalue weighted by atomic mass is 19.1. The van der Waals surface area contributed by atoms with Crippen LogP contribution >= 0.6 is 0 Å². The highest BCUT2D eigenvalue weighted by Gasteiger charge is 2.14. The number of amides is 1. The summed E-state index contributed by atoms with van der Waals surface area (Å²) in [6, 6.07) is 23.9. The van der Waals surface area contributed by atoms with E-state index in [9.17, 15) is 9.18 Å². The van der Waals surface area contributed by atoms with Crippen LogP contribution in [0.25, 0.3) is 11.1 Å². The largest absolute Gasteiger partial charge is 0.492 e. The fourth-order valence-electron chi connectivity index (χ4n) is 2.72. The standard InChI is InChI=1S/C22H20FNO2/c1-24(20-13-7-6-12-19(20)23)22(25)15-16-26-21-14-8-5-11-18(21)17-9-3-2-4-10-17/h2-14H,15-16H2,1H3. The number of carbonyl (C=O) groups excluding carboxylic acids is 1. The number of anilines is 1. The number of para-hydroxylation sites is 2. The maximum atomic E-state index is 13.8. The minimum absolute atomic E-state index is 0.161. The number of hydrogen-bond acceptors (Lipinski definition) is 2. The van der Waals surface area contributed by atoms with Crippen LogP contribution in [0.2, 0.25) is 0 Å². The first-order valence-electron chi connectivity index (χ1n) is 8.45. The fourth-order valence-corrected chi connectivity index (χ4v) is 2.72. The van der Waals surface area contributed by atoms with Gasteiger partial charge >= 0.3 is 0 Å². The average molecular weight is 349 g/mol. The lowest BCUT2D eigenvalue weighted by Gasteiger charge is -2.18. The Morgan fingerprint density at radius 1 is 0.923 bits per heavy atom. The van der Waals surface area contributed by atoms with Crippen molar-refractivity contribution in [1.82, 2.24) is 0 Å². The summed E-state index contributed by atoms with van der Waals surface area (Å²) in [7, 11) is 1.57. The molecule has 0 unspecified atom stereocenters. The van der Waals surface area contributed by atoms with E-state index in [1.165, 1.54) is 11.0 Å². The van der Waals surface area contributed by atoms with E-state index in [4.69, 9.17) is 4.74 Å². The predicted octanol–water partition coefficient (Wildman–Crippen LogP) is 4.92. The molecular formula is C22H20FNO2. The molecule has 0 saturated carbocycles. The summed E-state index contributed by atoms with van der Waals surface area (Å²) in [5.41, 5.74) is 2.29. The van der Waals surface area contributed by atoms with Gasteiger partial charge in [0.15, 0.2) is 0 Å². The molecule has 0 bridgehead atoms. The molecular weight excluding hydrogens is 329 g/mol. The quantitative estimate of drug-likeness (QED) is 0.632. The van der Waals surface area contributed by atoms with Crippen LogP contribution in [0.5, 0.6) is 5.75 Å². The second-order valence-electron chi connectivity index (χ2n) is 5.86. The van der Waals surface area contributed by atoms with Crippen molar-refractivity contribution in [3.63, 3.8) is 0 Å². The zero-order valence-corrected chi connectivity index (χ0v) is 14.6. The zero-order chi connectivity index (χ0) is 18.4. The van der Waals surface area contributed by atoms with Crippen molar-refractivity contribution in [2.45, 2.75) is 6.42 Å². The predicted molar refractivity (Wildman–Crippen MR) is 102 cm³/mol.